The van der Waals surface area contributed by atoms with Gasteiger partial charge in [0.2, 0.25) is 11.8 Å². The van der Waals surface area contributed by atoms with Crippen LogP contribution in [0.25, 0.3) is 0 Å². The molecule has 0 aromatic heterocycles. The van der Waals surface area contributed by atoms with Crippen molar-refractivity contribution >= 4 is 29.3 Å². The van der Waals surface area contributed by atoms with Gasteiger partial charge in [-0.25, -0.2) is 13.2 Å². The summed E-state index contributed by atoms with van der Waals surface area (Å²) in [5, 5.41) is 2.24. The van der Waals surface area contributed by atoms with Gasteiger partial charge in [-0.05, 0) is 25.5 Å². The number of benzene rings is 1. The van der Waals surface area contributed by atoms with E-state index in [0.29, 0.717) is 18.6 Å². The molecule has 8 heteroatoms. The summed E-state index contributed by atoms with van der Waals surface area (Å²) < 4.78 is 39.7. The first-order valence-electron chi connectivity index (χ1n) is 6.74. The quantitative estimate of drug-likeness (QED) is 0.848. The smallest absolute Gasteiger partial charge is 0.248 e. The Morgan fingerprint density at radius 2 is 2.09 bits per heavy atom. The molecule has 118 valence electrons. The molecule has 2 amide bonds. The Morgan fingerprint density at radius 3 is 2.82 bits per heavy atom. The summed E-state index contributed by atoms with van der Waals surface area (Å²) in [6, 6.07) is 0.957. The number of halogens is 3. The first-order valence-corrected chi connectivity index (χ1v) is 7.72. The number of hydrogen-bond donors (Lipinski definition) is 1. The van der Waals surface area contributed by atoms with Gasteiger partial charge < -0.3 is 10.2 Å². The van der Waals surface area contributed by atoms with Crippen LogP contribution < -0.4 is 5.32 Å². The highest BCUT2D eigenvalue weighted by Gasteiger charge is 2.52. The minimum atomic E-state index is -1.64. The first kappa shape index (κ1) is 15.2. The Kier molecular flexibility index (Phi) is 3.58. The highest BCUT2D eigenvalue weighted by atomic mass is 32.2. The number of hydrogen-bond acceptors (Lipinski definition) is 3. The second kappa shape index (κ2) is 5.19. The van der Waals surface area contributed by atoms with Gasteiger partial charge in [-0.15, -0.1) is 11.8 Å². The molecule has 0 bridgehead atoms. The third-order valence-corrected chi connectivity index (χ3v) is 5.55. The van der Waals surface area contributed by atoms with E-state index < -0.39 is 40.0 Å². The molecule has 2 atom stereocenters. The van der Waals surface area contributed by atoms with Gasteiger partial charge in [0, 0.05) is 12.2 Å². The van der Waals surface area contributed by atoms with Crippen LogP contribution in [0.2, 0.25) is 0 Å². The zero-order valence-electron chi connectivity index (χ0n) is 11.7. The molecular weight excluding hydrogens is 317 g/mol. The van der Waals surface area contributed by atoms with Crippen molar-refractivity contribution in [2.75, 3.05) is 11.1 Å². The summed E-state index contributed by atoms with van der Waals surface area (Å²) >= 11 is 1.49. The van der Waals surface area contributed by atoms with Crippen molar-refractivity contribution in [2.24, 2.45) is 0 Å². The highest BCUT2D eigenvalue weighted by molar-refractivity contribution is 8.01. The lowest BCUT2D eigenvalue weighted by molar-refractivity contribution is -0.135. The number of nitrogens with zero attached hydrogens (tertiary/aromatic N) is 1. The van der Waals surface area contributed by atoms with E-state index in [-0.39, 0.29) is 5.91 Å². The van der Waals surface area contributed by atoms with E-state index in [4.69, 9.17) is 0 Å². The average Bonchev–Trinajstić information content (AvgIpc) is 2.97. The van der Waals surface area contributed by atoms with Gasteiger partial charge in [-0.2, -0.15) is 0 Å². The normalized spacial score (nSPS) is 27.2. The SMILES string of the molecule is C[C@@]12CCC(=O)N1[C@@H](C(=O)Nc1ccc(F)c(F)c1F)CS2. The molecule has 2 aliphatic heterocycles. The number of thioether (sulfide) groups is 1. The fourth-order valence-corrected chi connectivity index (χ4v) is 4.29. The molecule has 2 aliphatic rings. The van der Waals surface area contributed by atoms with Crippen LogP contribution in [0.5, 0.6) is 0 Å². The van der Waals surface area contributed by atoms with E-state index in [2.05, 4.69) is 5.32 Å². The molecule has 0 unspecified atom stereocenters. The molecular formula is C14H13F3N2O2S. The number of amides is 2. The zero-order valence-corrected chi connectivity index (χ0v) is 12.5. The Morgan fingerprint density at radius 1 is 1.36 bits per heavy atom. The molecule has 1 aromatic carbocycles. The molecule has 2 fully saturated rings. The van der Waals surface area contributed by atoms with E-state index >= 15 is 0 Å². The number of carbonyl (C=O) groups is 2. The maximum Gasteiger partial charge on any atom is 0.248 e. The zero-order chi connectivity index (χ0) is 16.1. The van der Waals surface area contributed by atoms with Crippen LogP contribution in [0.1, 0.15) is 19.8 Å². The van der Waals surface area contributed by atoms with Crippen LogP contribution in [-0.2, 0) is 9.59 Å². The molecule has 0 saturated carbocycles. The third kappa shape index (κ3) is 2.25. The number of carbonyl (C=O) groups excluding carboxylic acids is 2. The third-order valence-electron chi connectivity index (χ3n) is 4.04. The van der Waals surface area contributed by atoms with Crippen LogP contribution in [-0.4, -0.2) is 33.4 Å². The van der Waals surface area contributed by atoms with Crippen molar-refractivity contribution in [1.82, 2.24) is 4.90 Å². The summed E-state index contributed by atoms with van der Waals surface area (Å²) in [6.45, 7) is 1.88. The highest BCUT2D eigenvalue weighted by Crippen LogP contribution is 2.47. The topological polar surface area (TPSA) is 49.4 Å². The van der Waals surface area contributed by atoms with Gasteiger partial charge >= 0.3 is 0 Å². The van der Waals surface area contributed by atoms with Gasteiger partial charge in [0.1, 0.15) is 6.04 Å². The fraction of sp³-hybridized carbons (Fsp3) is 0.429. The van der Waals surface area contributed by atoms with Crippen LogP contribution in [0.3, 0.4) is 0 Å². The van der Waals surface area contributed by atoms with Gasteiger partial charge in [0.15, 0.2) is 17.5 Å². The van der Waals surface area contributed by atoms with Crippen molar-refractivity contribution in [3.63, 3.8) is 0 Å². The van der Waals surface area contributed by atoms with Gasteiger partial charge in [0.25, 0.3) is 0 Å². The maximum absolute atomic E-state index is 13.6. The monoisotopic (exact) mass is 330 g/mol. The second-order valence-corrected chi connectivity index (χ2v) is 6.98. The van der Waals surface area contributed by atoms with Gasteiger partial charge in [0.05, 0.1) is 10.6 Å². The minimum Gasteiger partial charge on any atom is -0.322 e. The van der Waals surface area contributed by atoms with Crippen LogP contribution in [0, 0.1) is 17.5 Å². The molecule has 1 N–H and O–H groups in total. The summed E-state index contributed by atoms with van der Waals surface area (Å²) in [7, 11) is 0. The molecule has 1 aromatic rings. The summed E-state index contributed by atoms with van der Waals surface area (Å²) in [5.41, 5.74) is -0.436. The molecule has 3 rings (SSSR count). The predicted molar refractivity (Wildman–Crippen MR) is 75.7 cm³/mol. The molecule has 0 radical (unpaired) electrons. The summed E-state index contributed by atoms with van der Waals surface area (Å²) in [6.07, 6.45) is 1.02. The predicted octanol–water partition coefficient (Wildman–Crippen LogP) is 2.50. The molecule has 22 heavy (non-hydrogen) atoms. The van der Waals surface area contributed by atoms with E-state index in [1.54, 1.807) is 0 Å². The van der Waals surface area contributed by atoms with Crippen molar-refractivity contribution in [3.8, 4) is 0 Å². The standard InChI is InChI=1S/C14H13F3N2O2S/c1-14-5-4-10(20)19(14)9(6-22-14)13(21)18-8-3-2-7(15)11(16)12(8)17/h2-3,9H,4-6H2,1H3,(H,18,21)/t9-,14-/m1/s1. The average molecular weight is 330 g/mol. The lowest BCUT2D eigenvalue weighted by Gasteiger charge is -2.29. The number of nitrogens with one attached hydrogen (secondary N) is 1. The van der Waals surface area contributed by atoms with Gasteiger partial charge in [-0.3, -0.25) is 9.59 Å². The number of rotatable bonds is 2. The lowest BCUT2D eigenvalue weighted by Crippen LogP contribution is -2.48. The van der Waals surface area contributed by atoms with Gasteiger partial charge in [-0.1, -0.05) is 0 Å². The Bertz CT molecular complexity index is 670. The largest absolute Gasteiger partial charge is 0.322 e. The Balaban J connectivity index is 1.81. The number of anilines is 1. The van der Waals surface area contributed by atoms with Crippen LogP contribution >= 0.6 is 11.8 Å². The first-order chi connectivity index (χ1) is 10.3. The molecule has 4 nitrogen and oxygen atoms in total. The molecule has 0 aliphatic carbocycles. The lowest BCUT2D eigenvalue weighted by atomic mass is 10.2. The van der Waals surface area contributed by atoms with E-state index in [1.807, 2.05) is 6.92 Å². The van der Waals surface area contributed by atoms with E-state index in [9.17, 15) is 22.8 Å². The Labute approximate surface area is 129 Å². The summed E-state index contributed by atoms with van der Waals surface area (Å²) in [4.78, 5) is 25.3. The maximum atomic E-state index is 13.6. The summed E-state index contributed by atoms with van der Waals surface area (Å²) in [5.74, 6) is -4.75. The Hall–Kier alpha value is -1.70. The van der Waals surface area contributed by atoms with Crippen molar-refractivity contribution in [1.29, 1.82) is 0 Å². The molecule has 2 heterocycles. The fourth-order valence-electron chi connectivity index (χ4n) is 2.85. The van der Waals surface area contributed by atoms with Crippen molar-refractivity contribution < 1.29 is 22.8 Å². The number of fused-ring (bicyclic) bond motifs is 1. The van der Waals surface area contributed by atoms with E-state index in [1.165, 1.54) is 16.7 Å². The van der Waals surface area contributed by atoms with Crippen molar-refractivity contribution in [2.45, 2.75) is 30.7 Å². The molecule has 0 spiro atoms. The minimum absolute atomic E-state index is 0.126. The second-order valence-electron chi connectivity index (χ2n) is 5.48. The van der Waals surface area contributed by atoms with Crippen LogP contribution in [0.15, 0.2) is 12.1 Å². The van der Waals surface area contributed by atoms with Crippen LogP contribution in [0.4, 0.5) is 18.9 Å². The van der Waals surface area contributed by atoms with E-state index in [0.717, 1.165) is 12.1 Å². The molecule has 2 saturated heterocycles. The van der Waals surface area contributed by atoms with Crippen molar-refractivity contribution in [3.05, 3.63) is 29.6 Å².